The summed E-state index contributed by atoms with van der Waals surface area (Å²) >= 11 is 7.24. The third kappa shape index (κ3) is 4.00. The molecule has 0 aromatic carbocycles. The van der Waals surface area contributed by atoms with Crippen LogP contribution in [0.1, 0.15) is 24.8 Å². The maximum Gasteiger partial charge on any atom is 0.315 e. The number of carbonyl (C=O) groups is 1. The summed E-state index contributed by atoms with van der Waals surface area (Å²) in [4.78, 5) is 12.4. The van der Waals surface area contributed by atoms with Gasteiger partial charge in [-0.15, -0.1) is 11.3 Å². The van der Waals surface area contributed by atoms with Gasteiger partial charge in [0.05, 0.1) is 23.0 Å². The van der Waals surface area contributed by atoms with Crippen molar-refractivity contribution in [3.63, 3.8) is 0 Å². The molecule has 0 saturated heterocycles. The van der Waals surface area contributed by atoms with Crippen molar-refractivity contribution in [2.75, 3.05) is 6.61 Å². The molecule has 2 amide bonds. The van der Waals surface area contributed by atoms with Crippen molar-refractivity contribution in [1.82, 2.24) is 10.6 Å². The van der Waals surface area contributed by atoms with Gasteiger partial charge in [0.1, 0.15) is 0 Å². The largest absolute Gasteiger partial charge is 0.394 e. The summed E-state index contributed by atoms with van der Waals surface area (Å²) < 4.78 is 0.702. The number of thiophene rings is 1. The molecule has 4 nitrogen and oxygen atoms in total. The Morgan fingerprint density at radius 1 is 1.50 bits per heavy atom. The molecule has 6 heteroatoms. The number of nitrogens with one attached hydrogen (secondary N) is 2. The Morgan fingerprint density at radius 2 is 2.19 bits per heavy atom. The number of rotatable bonds is 4. The topological polar surface area (TPSA) is 61.4 Å². The minimum atomic E-state index is -0.293. The van der Waals surface area contributed by atoms with Gasteiger partial charge in [-0.1, -0.05) is 11.6 Å². The van der Waals surface area contributed by atoms with E-state index in [2.05, 4.69) is 10.6 Å². The summed E-state index contributed by atoms with van der Waals surface area (Å²) in [6.07, 6.45) is 0. The highest BCUT2D eigenvalue weighted by atomic mass is 35.5. The standard InChI is InChI=1S/C10H15ClN2O2S/c1-6(5-14)12-10(15)13-7(2)8-3-4-9(11)16-8/h3-4,6-7,14H,5H2,1-2H3,(H2,12,13,15)/t6-,7+/m1/s1. The zero-order valence-electron chi connectivity index (χ0n) is 9.16. The predicted molar refractivity (Wildman–Crippen MR) is 66.0 cm³/mol. The van der Waals surface area contributed by atoms with Gasteiger partial charge in [0.2, 0.25) is 0 Å². The van der Waals surface area contributed by atoms with Gasteiger partial charge in [-0.2, -0.15) is 0 Å². The predicted octanol–water partition coefficient (Wildman–Crippen LogP) is 2.14. The molecule has 1 heterocycles. The van der Waals surface area contributed by atoms with Crippen LogP contribution in [-0.2, 0) is 0 Å². The van der Waals surface area contributed by atoms with Gasteiger partial charge in [0.15, 0.2) is 0 Å². The van der Waals surface area contributed by atoms with Crippen LogP contribution in [-0.4, -0.2) is 23.8 Å². The first-order valence-electron chi connectivity index (χ1n) is 4.96. The van der Waals surface area contributed by atoms with E-state index in [9.17, 15) is 4.79 Å². The summed E-state index contributed by atoms with van der Waals surface area (Å²) in [5.74, 6) is 0. The maximum absolute atomic E-state index is 11.4. The lowest BCUT2D eigenvalue weighted by atomic mass is 10.3. The minimum absolute atomic E-state index is 0.0768. The first-order valence-corrected chi connectivity index (χ1v) is 6.15. The molecule has 90 valence electrons. The molecule has 1 rings (SSSR count). The van der Waals surface area contributed by atoms with Crippen LogP contribution in [0.3, 0.4) is 0 Å². The molecule has 0 aliphatic rings. The number of hydrogen-bond acceptors (Lipinski definition) is 3. The number of aliphatic hydroxyl groups excluding tert-OH is 1. The lowest BCUT2D eigenvalue weighted by Crippen LogP contribution is -2.43. The van der Waals surface area contributed by atoms with E-state index in [1.165, 1.54) is 11.3 Å². The van der Waals surface area contributed by atoms with E-state index in [-0.39, 0.29) is 24.7 Å². The molecule has 2 atom stereocenters. The fourth-order valence-electron chi connectivity index (χ4n) is 1.14. The van der Waals surface area contributed by atoms with E-state index in [1.807, 2.05) is 13.0 Å². The van der Waals surface area contributed by atoms with Gasteiger partial charge < -0.3 is 15.7 Å². The van der Waals surface area contributed by atoms with Crippen LogP contribution in [0.15, 0.2) is 12.1 Å². The summed E-state index contributed by atoms with van der Waals surface area (Å²) in [5, 5.41) is 14.2. The van der Waals surface area contributed by atoms with Gasteiger partial charge in [-0.3, -0.25) is 0 Å². The van der Waals surface area contributed by atoms with Crippen molar-refractivity contribution < 1.29 is 9.90 Å². The van der Waals surface area contributed by atoms with Crippen LogP contribution in [0, 0.1) is 0 Å². The second-order valence-corrected chi connectivity index (χ2v) is 5.31. The van der Waals surface area contributed by atoms with Crippen molar-refractivity contribution in [3.05, 3.63) is 21.3 Å². The second kappa shape index (κ2) is 6.08. The highest BCUT2D eigenvalue weighted by Crippen LogP contribution is 2.26. The fourth-order valence-corrected chi connectivity index (χ4v) is 2.20. The van der Waals surface area contributed by atoms with E-state index >= 15 is 0 Å². The normalized spacial score (nSPS) is 14.2. The third-order valence-electron chi connectivity index (χ3n) is 2.02. The lowest BCUT2D eigenvalue weighted by molar-refractivity contribution is 0.218. The Morgan fingerprint density at radius 3 is 2.69 bits per heavy atom. The Hall–Kier alpha value is -0.780. The van der Waals surface area contributed by atoms with Crippen molar-refractivity contribution >= 4 is 29.0 Å². The Bertz CT molecular complexity index is 356. The average molecular weight is 263 g/mol. The second-order valence-electron chi connectivity index (χ2n) is 3.56. The van der Waals surface area contributed by atoms with Crippen molar-refractivity contribution in [3.8, 4) is 0 Å². The quantitative estimate of drug-likeness (QED) is 0.779. The third-order valence-corrected chi connectivity index (χ3v) is 3.43. The molecule has 0 spiro atoms. The highest BCUT2D eigenvalue weighted by molar-refractivity contribution is 7.16. The molecule has 16 heavy (non-hydrogen) atoms. The average Bonchev–Trinajstić information content (AvgIpc) is 2.64. The van der Waals surface area contributed by atoms with E-state index < -0.39 is 0 Å². The van der Waals surface area contributed by atoms with Gasteiger partial charge in [0.25, 0.3) is 0 Å². The number of carbonyl (C=O) groups excluding carboxylic acids is 1. The van der Waals surface area contributed by atoms with E-state index in [0.29, 0.717) is 4.34 Å². The Labute approximate surface area is 104 Å². The molecule has 0 unspecified atom stereocenters. The van der Waals surface area contributed by atoms with Crippen molar-refractivity contribution in [1.29, 1.82) is 0 Å². The van der Waals surface area contributed by atoms with Crippen molar-refractivity contribution in [2.24, 2.45) is 0 Å². The highest BCUT2D eigenvalue weighted by Gasteiger charge is 2.12. The molecule has 0 fully saturated rings. The molecular weight excluding hydrogens is 248 g/mol. The molecule has 0 bridgehead atoms. The first kappa shape index (κ1) is 13.3. The zero-order valence-corrected chi connectivity index (χ0v) is 10.7. The summed E-state index contributed by atoms with van der Waals surface area (Å²) in [6, 6.07) is 3.04. The van der Waals surface area contributed by atoms with Crippen LogP contribution in [0.5, 0.6) is 0 Å². The summed E-state index contributed by atoms with van der Waals surface area (Å²) in [5.41, 5.74) is 0. The van der Waals surface area contributed by atoms with Crippen LogP contribution < -0.4 is 10.6 Å². The lowest BCUT2D eigenvalue weighted by Gasteiger charge is -2.15. The number of hydrogen-bond donors (Lipinski definition) is 3. The van der Waals surface area contributed by atoms with E-state index in [1.54, 1.807) is 13.0 Å². The van der Waals surface area contributed by atoms with E-state index in [0.717, 1.165) is 4.88 Å². The van der Waals surface area contributed by atoms with Gasteiger partial charge in [-0.05, 0) is 26.0 Å². The molecule has 0 aliphatic heterocycles. The Kier molecular flexibility index (Phi) is 5.05. The van der Waals surface area contributed by atoms with Crippen LogP contribution in [0.4, 0.5) is 4.79 Å². The minimum Gasteiger partial charge on any atom is -0.394 e. The smallest absolute Gasteiger partial charge is 0.315 e. The van der Waals surface area contributed by atoms with E-state index in [4.69, 9.17) is 16.7 Å². The van der Waals surface area contributed by atoms with Crippen LogP contribution in [0.2, 0.25) is 4.34 Å². The van der Waals surface area contributed by atoms with Gasteiger partial charge >= 0.3 is 6.03 Å². The first-order chi connectivity index (χ1) is 7.52. The molecule has 1 aromatic heterocycles. The van der Waals surface area contributed by atoms with Crippen LogP contribution in [0.25, 0.3) is 0 Å². The molecular formula is C10H15ClN2O2S. The molecule has 0 saturated carbocycles. The molecule has 1 aromatic rings. The van der Waals surface area contributed by atoms with Crippen LogP contribution >= 0.6 is 22.9 Å². The fraction of sp³-hybridized carbons (Fsp3) is 0.500. The summed E-state index contributed by atoms with van der Waals surface area (Å²) in [6.45, 7) is 3.53. The monoisotopic (exact) mass is 262 g/mol. The number of aliphatic hydroxyl groups is 1. The maximum atomic E-state index is 11.4. The summed E-state index contributed by atoms with van der Waals surface area (Å²) in [7, 11) is 0. The molecule has 0 aliphatic carbocycles. The number of halogens is 1. The molecule has 3 N–H and O–H groups in total. The zero-order chi connectivity index (χ0) is 12.1. The van der Waals surface area contributed by atoms with Crippen molar-refractivity contribution in [2.45, 2.75) is 25.9 Å². The SMILES string of the molecule is C[C@H](CO)NC(=O)N[C@@H](C)c1ccc(Cl)s1. The Balaban J connectivity index is 2.45. The molecule has 0 radical (unpaired) electrons. The van der Waals surface area contributed by atoms with Gasteiger partial charge in [-0.25, -0.2) is 4.79 Å². The number of urea groups is 1. The van der Waals surface area contributed by atoms with Gasteiger partial charge in [0, 0.05) is 4.88 Å². The number of amides is 2.